The van der Waals surface area contributed by atoms with E-state index in [1.165, 1.54) is 21.1 Å². The summed E-state index contributed by atoms with van der Waals surface area (Å²) in [4.78, 5) is 0. The van der Waals surface area contributed by atoms with Gasteiger partial charge in [0.2, 0.25) is 0 Å². The van der Waals surface area contributed by atoms with Crippen LogP contribution in [0.25, 0.3) is 10.9 Å². The quantitative estimate of drug-likeness (QED) is 0.907. The van der Waals surface area contributed by atoms with Crippen molar-refractivity contribution in [3.63, 3.8) is 0 Å². The highest BCUT2D eigenvalue weighted by Gasteiger charge is 2.09. The number of para-hydroxylation sites is 1. The molecule has 0 aliphatic carbocycles. The first-order valence-electron chi connectivity index (χ1n) is 5.75. The number of benzene rings is 1. The van der Waals surface area contributed by atoms with E-state index in [0.29, 0.717) is 0 Å². The minimum absolute atomic E-state index is 0.936. The number of hydrogen-bond donors (Lipinski definition) is 1. The van der Waals surface area contributed by atoms with Crippen LogP contribution in [0.1, 0.15) is 19.5 Å². The molecular weight excluding hydrogens is 264 g/mol. The molecular formula is C13H17BrN2. The van der Waals surface area contributed by atoms with Gasteiger partial charge in [-0.3, -0.25) is 0 Å². The molecule has 2 nitrogen and oxygen atoms in total. The first-order chi connectivity index (χ1) is 7.77. The predicted molar refractivity (Wildman–Crippen MR) is 72.7 cm³/mol. The molecule has 0 fully saturated rings. The van der Waals surface area contributed by atoms with Crippen molar-refractivity contribution in [2.24, 2.45) is 0 Å². The lowest BCUT2D eigenvalue weighted by Crippen LogP contribution is -2.15. The number of fused-ring (bicyclic) bond motifs is 1. The van der Waals surface area contributed by atoms with Crippen LogP contribution in [0, 0.1) is 0 Å². The topological polar surface area (TPSA) is 17.0 Å². The molecule has 2 aromatic rings. The minimum Gasteiger partial charge on any atom is -0.343 e. The number of rotatable bonds is 4. The summed E-state index contributed by atoms with van der Waals surface area (Å²) in [5.41, 5.74) is 2.66. The van der Waals surface area contributed by atoms with Crippen molar-refractivity contribution in [3.05, 3.63) is 34.4 Å². The van der Waals surface area contributed by atoms with Crippen molar-refractivity contribution in [1.29, 1.82) is 0 Å². The molecule has 2 rings (SSSR count). The van der Waals surface area contributed by atoms with Crippen LogP contribution in [0.4, 0.5) is 0 Å². The van der Waals surface area contributed by atoms with Crippen molar-refractivity contribution in [2.45, 2.75) is 26.9 Å². The lowest BCUT2D eigenvalue weighted by atomic mass is 10.2. The van der Waals surface area contributed by atoms with Crippen molar-refractivity contribution < 1.29 is 0 Å². The predicted octanol–water partition coefficient (Wildman–Crippen LogP) is 3.53. The zero-order valence-corrected chi connectivity index (χ0v) is 11.3. The van der Waals surface area contributed by atoms with Gasteiger partial charge in [-0.1, -0.05) is 19.1 Å². The van der Waals surface area contributed by atoms with E-state index < -0.39 is 0 Å². The maximum absolute atomic E-state index is 3.63. The molecule has 1 aromatic heterocycles. The number of nitrogens with zero attached hydrogens (tertiary/aromatic N) is 1. The molecule has 0 radical (unpaired) electrons. The van der Waals surface area contributed by atoms with Gasteiger partial charge in [-0.05, 0) is 41.5 Å². The third-order valence-electron chi connectivity index (χ3n) is 2.83. The molecule has 0 saturated carbocycles. The van der Waals surface area contributed by atoms with E-state index in [2.05, 4.69) is 63.9 Å². The molecule has 86 valence electrons. The molecule has 0 amide bonds. The van der Waals surface area contributed by atoms with Crippen LogP contribution in [0.15, 0.2) is 28.7 Å². The zero-order valence-electron chi connectivity index (χ0n) is 9.76. The second-order valence-corrected chi connectivity index (χ2v) is 4.69. The highest BCUT2D eigenvalue weighted by Crippen LogP contribution is 2.27. The molecule has 1 aromatic carbocycles. The second-order valence-electron chi connectivity index (χ2n) is 3.84. The van der Waals surface area contributed by atoms with Crippen molar-refractivity contribution in [1.82, 2.24) is 9.88 Å². The van der Waals surface area contributed by atoms with Gasteiger partial charge >= 0.3 is 0 Å². The Morgan fingerprint density at radius 1 is 1.31 bits per heavy atom. The molecule has 3 heteroatoms. The first-order valence-corrected chi connectivity index (χ1v) is 6.54. The summed E-state index contributed by atoms with van der Waals surface area (Å²) >= 11 is 3.63. The highest BCUT2D eigenvalue weighted by molar-refractivity contribution is 9.10. The summed E-state index contributed by atoms with van der Waals surface area (Å²) in [7, 11) is 0. The Hall–Kier alpha value is -0.800. The largest absolute Gasteiger partial charge is 0.343 e. The average molecular weight is 281 g/mol. The molecule has 1 N–H and O–H groups in total. The fourth-order valence-electron chi connectivity index (χ4n) is 2.10. The van der Waals surface area contributed by atoms with Crippen LogP contribution in [-0.4, -0.2) is 11.1 Å². The second kappa shape index (κ2) is 5.02. The van der Waals surface area contributed by atoms with Crippen LogP contribution in [0.5, 0.6) is 0 Å². The van der Waals surface area contributed by atoms with Crippen LogP contribution in [-0.2, 0) is 13.1 Å². The third-order valence-corrected chi connectivity index (χ3v) is 3.47. The summed E-state index contributed by atoms with van der Waals surface area (Å²) in [5.74, 6) is 0. The Morgan fingerprint density at radius 2 is 2.12 bits per heavy atom. The number of nitrogens with one attached hydrogen (secondary N) is 1. The van der Waals surface area contributed by atoms with Crippen molar-refractivity contribution in [3.8, 4) is 0 Å². The van der Waals surface area contributed by atoms with Gasteiger partial charge in [-0.25, -0.2) is 0 Å². The Morgan fingerprint density at radius 3 is 2.81 bits per heavy atom. The SMILES string of the molecule is CCNCc1cc2cccc(Br)c2n1CC. The fourth-order valence-corrected chi connectivity index (χ4v) is 2.69. The van der Waals surface area contributed by atoms with Gasteiger partial charge in [-0.2, -0.15) is 0 Å². The number of halogens is 1. The van der Waals surface area contributed by atoms with Gasteiger partial charge in [0.05, 0.1) is 5.52 Å². The Kier molecular flexibility index (Phi) is 3.66. The maximum atomic E-state index is 3.63. The average Bonchev–Trinajstić information content (AvgIpc) is 2.65. The zero-order chi connectivity index (χ0) is 11.5. The Labute approximate surface area is 105 Å². The number of aryl methyl sites for hydroxylation is 1. The van der Waals surface area contributed by atoms with E-state index in [0.717, 1.165) is 19.6 Å². The van der Waals surface area contributed by atoms with Crippen LogP contribution < -0.4 is 5.32 Å². The standard InChI is InChI=1S/C13H17BrN2/c1-3-15-9-11-8-10-6-5-7-12(14)13(10)16(11)4-2/h5-8,15H,3-4,9H2,1-2H3. The smallest absolute Gasteiger partial charge is 0.0627 e. The Bertz CT molecular complexity index is 488. The van der Waals surface area contributed by atoms with Gasteiger partial charge in [0.1, 0.15) is 0 Å². The minimum atomic E-state index is 0.936. The molecule has 0 aliphatic rings. The summed E-state index contributed by atoms with van der Waals surface area (Å²) in [5, 5.41) is 4.69. The molecule has 0 atom stereocenters. The third kappa shape index (κ3) is 2.02. The van der Waals surface area contributed by atoms with Gasteiger partial charge in [0, 0.05) is 28.6 Å². The molecule has 0 aliphatic heterocycles. The number of hydrogen-bond acceptors (Lipinski definition) is 1. The summed E-state index contributed by atoms with van der Waals surface area (Å²) < 4.78 is 3.54. The Balaban J connectivity index is 2.53. The molecule has 0 spiro atoms. The van der Waals surface area contributed by atoms with E-state index in [1.54, 1.807) is 0 Å². The summed E-state index contributed by atoms with van der Waals surface area (Å²) in [6.07, 6.45) is 0. The van der Waals surface area contributed by atoms with Gasteiger partial charge in [0.15, 0.2) is 0 Å². The lowest BCUT2D eigenvalue weighted by Gasteiger charge is -2.09. The van der Waals surface area contributed by atoms with Gasteiger partial charge < -0.3 is 9.88 Å². The van der Waals surface area contributed by atoms with Crippen LogP contribution in [0.2, 0.25) is 0 Å². The van der Waals surface area contributed by atoms with E-state index in [-0.39, 0.29) is 0 Å². The van der Waals surface area contributed by atoms with E-state index in [4.69, 9.17) is 0 Å². The molecule has 0 bridgehead atoms. The van der Waals surface area contributed by atoms with E-state index in [9.17, 15) is 0 Å². The van der Waals surface area contributed by atoms with Crippen LogP contribution in [0.3, 0.4) is 0 Å². The monoisotopic (exact) mass is 280 g/mol. The van der Waals surface area contributed by atoms with Gasteiger partial charge in [0.25, 0.3) is 0 Å². The first kappa shape index (κ1) is 11.7. The molecule has 0 saturated heterocycles. The maximum Gasteiger partial charge on any atom is 0.0627 e. The molecule has 16 heavy (non-hydrogen) atoms. The summed E-state index contributed by atoms with van der Waals surface area (Å²) in [6, 6.07) is 8.63. The van der Waals surface area contributed by atoms with Crippen molar-refractivity contribution in [2.75, 3.05) is 6.54 Å². The summed E-state index contributed by atoms with van der Waals surface area (Å²) in [6.45, 7) is 7.27. The fraction of sp³-hybridized carbons (Fsp3) is 0.385. The molecule has 0 unspecified atom stereocenters. The lowest BCUT2D eigenvalue weighted by molar-refractivity contribution is 0.656. The van der Waals surface area contributed by atoms with Crippen molar-refractivity contribution >= 4 is 26.8 Å². The van der Waals surface area contributed by atoms with Crippen LogP contribution >= 0.6 is 15.9 Å². The van der Waals surface area contributed by atoms with E-state index >= 15 is 0 Å². The van der Waals surface area contributed by atoms with E-state index in [1.807, 2.05) is 0 Å². The molecule has 1 heterocycles. The number of aromatic nitrogens is 1. The normalized spacial score (nSPS) is 11.2. The highest BCUT2D eigenvalue weighted by atomic mass is 79.9. The van der Waals surface area contributed by atoms with Gasteiger partial charge in [-0.15, -0.1) is 0 Å².